The Morgan fingerprint density at radius 2 is 2.00 bits per heavy atom. The fourth-order valence-electron chi connectivity index (χ4n) is 2.57. The van der Waals surface area contributed by atoms with Gasteiger partial charge in [0.25, 0.3) is 0 Å². The molecule has 1 heterocycles. The van der Waals surface area contributed by atoms with Crippen LogP contribution in [0.3, 0.4) is 0 Å². The van der Waals surface area contributed by atoms with E-state index in [2.05, 4.69) is 24.2 Å². The minimum absolute atomic E-state index is 0.101. The standard InChI is InChI=1S/C19H23NO2/c1-5-14-9-10-15-12-16(22-17(15)11-14)13-18(21)20-19(6-2,7-3)8-4/h2,9-12H,5,7-8,13H2,1,3-4H3,(H,20,21). The van der Waals surface area contributed by atoms with Gasteiger partial charge in [-0.2, -0.15) is 0 Å². The molecule has 0 saturated carbocycles. The summed E-state index contributed by atoms with van der Waals surface area (Å²) in [5, 5.41) is 3.98. The van der Waals surface area contributed by atoms with Crippen molar-refractivity contribution in [2.24, 2.45) is 0 Å². The Labute approximate surface area is 132 Å². The number of carbonyl (C=O) groups is 1. The van der Waals surface area contributed by atoms with Gasteiger partial charge in [0.05, 0.1) is 6.42 Å². The monoisotopic (exact) mass is 297 g/mol. The lowest BCUT2D eigenvalue weighted by atomic mass is 9.93. The van der Waals surface area contributed by atoms with Crippen molar-refractivity contribution in [3.8, 4) is 12.3 Å². The van der Waals surface area contributed by atoms with E-state index >= 15 is 0 Å². The second-order valence-electron chi connectivity index (χ2n) is 5.60. The quantitative estimate of drug-likeness (QED) is 0.823. The van der Waals surface area contributed by atoms with E-state index in [0.29, 0.717) is 18.6 Å². The van der Waals surface area contributed by atoms with E-state index in [1.807, 2.05) is 32.0 Å². The van der Waals surface area contributed by atoms with Gasteiger partial charge in [-0.05, 0) is 37.0 Å². The van der Waals surface area contributed by atoms with Crippen molar-refractivity contribution in [1.82, 2.24) is 5.32 Å². The topological polar surface area (TPSA) is 42.2 Å². The lowest BCUT2D eigenvalue weighted by molar-refractivity contribution is -0.122. The summed E-state index contributed by atoms with van der Waals surface area (Å²) in [5.74, 6) is 3.28. The zero-order chi connectivity index (χ0) is 16.2. The van der Waals surface area contributed by atoms with Crippen molar-refractivity contribution in [3.63, 3.8) is 0 Å². The van der Waals surface area contributed by atoms with Gasteiger partial charge in [-0.3, -0.25) is 4.79 Å². The van der Waals surface area contributed by atoms with Gasteiger partial charge < -0.3 is 9.73 Å². The van der Waals surface area contributed by atoms with Crippen LogP contribution in [0.1, 0.15) is 44.9 Å². The van der Waals surface area contributed by atoms with Crippen LogP contribution in [-0.2, 0) is 17.6 Å². The third-order valence-corrected chi connectivity index (χ3v) is 4.24. The molecule has 2 aromatic rings. The highest BCUT2D eigenvalue weighted by Crippen LogP contribution is 2.22. The Morgan fingerprint density at radius 3 is 2.59 bits per heavy atom. The number of aryl methyl sites for hydroxylation is 1. The molecule has 0 radical (unpaired) electrons. The minimum Gasteiger partial charge on any atom is -0.461 e. The highest BCUT2D eigenvalue weighted by molar-refractivity contribution is 5.83. The predicted molar refractivity (Wildman–Crippen MR) is 89.6 cm³/mol. The molecular weight excluding hydrogens is 274 g/mol. The molecule has 0 saturated heterocycles. The van der Waals surface area contributed by atoms with E-state index < -0.39 is 5.54 Å². The molecule has 0 spiro atoms. The van der Waals surface area contributed by atoms with Crippen LogP contribution in [0.25, 0.3) is 11.0 Å². The van der Waals surface area contributed by atoms with Gasteiger partial charge in [0.1, 0.15) is 16.9 Å². The molecule has 0 aliphatic rings. The lowest BCUT2D eigenvalue weighted by Gasteiger charge is -2.26. The molecule has 3 nitrogen and oxygen atoms in total. The Morgan fingerprint density at radius 1 is 1.27 bits per heavy atom. The summed E-state index contributed by atoms with van der Waals surface area (Å²) in [6.07, 6.45) is 8.17. The number of nitrogens with one attached hydrogen (secondary N) is 1. The molecule has 0 aliphatic heterocycles. The van der Waals surface area contributed by atoms with Crippen molar-refractivity contribution >= 4 is 16.9 Å². The van der Waals surface area contributed by atoms with Gasteiger partial charge in [-0.15, -0.1) is 6.42 Å². The Kier molecular flexibility index (Phi) is 4.92. The van der Waals surface area contributed by atoms with E-state index in [-0.39, 0.29) is 12.3 Å². The van der Waals surface area contributed by atoms with Crippen LogP contribution in [-0.4, -0.2) is 11.4 Å². The van der Waals surface area contributed by atoms with Gasteiger partial charge in [0.2, 0.25) is 5.91 Å². The number of carbonyl (C=O) groups excluding carboxylic acids is 1. The first kappa shape index (κ1) is 16.2. The average molecular weight is 297 g/mol. The van der Waals surface area contributed by atoms with Crippen molar-refractivity contribution in [3.05, 3.63) is 35.6 Å². The molecule has 116 valence electrons. The van der Waals surface area contributed by atoms with Crippen LogP contribution in [0.15, 0.2) is 28.7 Å². The first-order valence-electron chi connectivity index (χ1n) is 7.86. The van der Waals surface area contributed by atoms with E-state index in [1.54, 1.807) is 0 Å². The number of fused-ring (bicyclic) bond motifs is 1. The van der Waals surface area contributed by atoms with Gasteiger partial charge in [0, 0.05) is 5.39 Å². The number of furan rings is 1. The number of benzene rings is 1. The third-order valence-electron chi connectivity index (χ3n) is 4.24. The van der Waals surface area contributed by atoms with Crippen LogP contribution in [0.4, 0.5) is 0 Å². The smallest absolute Gasteiger partial charge is 0.228 e. The van der Waals surface area contributed by atoms with Gasteiger partial charge in [0.15, 0.2) is 0 Å². The van der Waals surface area contributed by atoms with Crippen LogP contribution < -0.4 is 5.32 Å². The maximum Gasteiger partial charge on any atom is 0.228 e. The molecule has 0 unspecified atom stereocenters. The summed E-state index contributed by atoms with van der Waals surface area (Å²) < 4.78 is 5.78. The normalized spacial score (nSPS) is 11.4. The Hall–Kier alpha value is -2.21. The first-order chi connectivity index (χ1) is 10.6. The highest BCUT2D eigenvalue weighted by atomic mass is 16.3. The van der Waals surface area contributed by atoms with Crippen molar-refractivity contribution in [2.75, 3.05) is 0 Å². The number of amides is 1. The fraction of sp³-hybridized carbons (Fsp3) is 0.421. The predicted octanol–water partition coefficient (Wildman–Crippen LogP) is 3.85. The largest absolute Gasteiger partial charge is 0.461 e. The summed E-state index contributed by atoms with van der Waals surface area (Å²) in [4.78, 5) is 12.2. The van der Waals surface area contributed by atoms with Gasteiger partial charge >= 0.3 is 0 Å². The zero-order valence-electron chi connectivity index (χ0n) is 13.5. The molecule has 0 aliphatic carbocycles. The molecular formula is C19H23NO2. The van der Waals surface area contributed by atoms with Crippen molar-refractivity contribution in [1.29, 1.82) is 0 Å². The second-order valence-corrected chi connectivity index (χ2v) is 5.60. The summed E-state index contributed by atoms with van der Waals surface area (Å²) in [7, 11) is 0. The molecule has 0 atom stereocenters. The summed E-state index contributed by atoms with van der Waals surface area (Å²) in [6.45, 7) is 6.07. The Balaban J connectivity index is 2.13. The highest BCUT2D eigenvalue weighted by Gasteiger charge is 2.25. The minimum atomic E-state index is -0.557. The van der Waals surface area contributed by atoms with Crippen LogP contribution in [0, 0.1) is 12.3 Å². The molecule has 3 heteroatoms. The summed E-state index contributed by atoms with van der Waals surface area (Å²) in [5.41, 5.74) is 1.50. The zero-order valence-corrected chi connectivity index (χ0v) is 13.5. The molecule has 0 bridgehead atoms. The molecule has 0 fully saturated rings. The molecule has 1 aromatic carbocycles. The number of terminal acetylenes is 1. The summed E-state index contributed by atoms with van der Waals surface area (Å²) in [6, 6.07) is 8.06. The first-order valence-corrected chi connectivity index (χ1v) is 7.86. The van der Waals surface area contributed by atoms with E-state index in [1.165, 1.54) is 5.56 Å². The van der Waals surface area contributed by atoms with Crippen LogP contribution >= 0.6 is 0 Å². The molecule has 1 amide bonds. The molecule has 2 rings (SSSR count). The van der Waals surface area contributed by atoms with Crippen LogP contribution in [0.2, 0.25) is 0 Å². The van der Waals surface area contributed by atoms with Gasteiger partial charge in [-0.1, -0.05) is 38.8 Å². The SMILES string of the molecule is C#CC(CC)(CC)NC(=O)Cc1cc2ccc(CC)cc2o1. The number of rotatable bonds is 6. The second kappa shape index (κ2) is 6.70. The Bertz CT molecular complexity index is 702. The molecule has 1 N–H and O–H groups in total. The maximum absolute atomic E-state index is 12.2. The molecule has 1 aromatic heterocycles. The summed E-state index contributed by atoms with van der Waals surface area (Å²) >= 11 is 0. The third kappa shape index (κ3) is 3.33. The van der Waals surface area contributed by atoms with E-state index in [0.717, 1.165) is 17.4 Å². The number of hydrogen-bond donors (Lipinski definition) is 1. The fourth-order valence-corrected chi connectivity index (χ4v) is 2.57. The van der Waals surface area contributed by atoms with E-state index in [4.69, 9.17) is 10.8 Å². The maximum atomic E-state index is 12.2. The van der Waals surface area contributed by atoms with Gasteiger partial charge in [-0.25, -0.2) is 0 Å². The molecule has 22 heavy (non-hydrogen) atoms. The average Bonchev–Trinajstić information content (AvgIpc) is 2.93. The number of hydrogen-bond acceptors (Lipinski definition) is 2. The van der Waals surface area contributed by atoms with Crippen molar-refractivity contribution < 1.29 is 9.21 Å². The lowest BCUT2D eigenvalue weighted by Crippen LogP contribution is -2.47. The van der Waals surface area contributed by atoms with Crippen molar-refractivity contribution in [2.45, 2.75) is 52.0 Å². The van der Waals surface area contributed by atoms with E-state index in [9.17, 15) is 4.79 Å². The van der Waals surface area contributed by atoms with Crippen LogP contribution in [0.5, 0.6) is 0 Å².